The van der Waals surface area contributed by atoms with Crippen LogP contribution in [0.3, 0.4) is 0 Å². The highest BCUT2D eigenvalue weighted by molar-refractivity contribution is 5.79. The van der Waals surface area contributed by atoms with E-state index in [1.807, 2.05) is 75.1 Å². The first kappa shape index (κ1) is 22.5. The molecule has 3 aromatic rings. The van der Waals surface area contributed by atoms with Gasteiger partial charge in [-0.15, -0.1) is 0 Å². The predicted molar refractivity (Wildman–Crippen MR) is 124 cm³/mol. The molecule has 31 heavy (non-hydrogen) atoms. The summed E-state index contributed by atoms with van der Waals surface area (Å²) in [4.78, 5) is 33.2. The maximum Gasteiger partial charge on any atom is 0.266 e. The molecular formula is C25H31N3O3. The molecule has 0 saturated carbocycles. The summed E-state index contributed by atoms with van der Waals surface area (Å²) in [7, 11) is 0. The van der Waals surface area contributed by atoms with Crippen LogP contribution in [0.4, 0.5) is 0 Å². The van der Waals surface area contributed by atoms with E-state index in [1.165, 1.54) is 0 Å². The summed E-state index contributed by atoms with van der Waals surface area (Å²) in [6.07, 6.45) is 1.92. The van der Waals surface area contributed by atoms with E-state index in [0.717, 1.165) is 12.2 Å². The number of hydrogen-bond acceptors (Lipinski definition) is 4. The maximum atomic E-state index is 13.6. The zero-order valence-corrected chi connectivity index (χ0v) is 18.8. The third-order valence-electron chi connectivity index (χ3n) is 5.39. The van der Waals surface area contributed by atoms with Gasteiger partial charge in [-0.1, -0.05) is 26.0 Å². The minimum absolute atomic E-state index is 0.0810. The fourth-order valence-corrected chi connectivity index (χ4v) is 3.95. The van der Waals surface area contributed by atoms with Crippen LogP contribution in [0.2, 0.25) is 0 Å². The molecule has 0 aliphatic rings. The fraction of sp³-hybridized carbons (Fsp3) is 0.400. The van der Waals surface area contributed by atoms with E-state index in [4.69, 9.17) is 9.72 Å². The number of ether oxygens (including phenoxy) is 1. The van der Waals surface area contributed by atoms with Crippen molar-refractivity contribution in [1.29, 1.82) is 0 Å². The molecule has 0 radical (unpaired) electrons. The molecule has 1 amide bonds. The summed E-state index contributed by atoms with van der Waals surface area (Å²) in [5.41, 5.74) is 1.21. The van der Waals surface area contributed by atoms with Gasteiger partial charge in [0.05, 0.1) is 29.2 Å². The van der Waals surface area contributed by atoms with Gasteiger partial charge in [-0.2, -0.15) is 0 Å². The van der Waals surface area contributed by atoms with Crippen molar-refractivity contribution in [3.8, 4) is 11.4 Å². The van der Waals surface area contributed by atoms with Crippen LogP contribution in [0.1, 0.15) is 58.8 Å². The molecule has 0 saturated heterocycles. The number of nitrogens with zero attached hydrogens (tertiary/aromatic N) is 3. The molecule has 0 N–H and O–H groups in total. The number of rotatable bonds is 9. The van der Waals surface area contributed by atoms with Crippen molar-refractivity contribution in [2.24, 2.45) is 0 Å². The number of para-hydroxylation sites is 1. The third kappa shape index (κ3) is 4.63. The molecule has 1 atom stereocenters. The van der Waals surface area contributed by atoms with Crippen molar-refractivity contribution >= 4 is 16.8 Å². The van der Waals surface area contributed by atoms with Crippen molar-refractivity contribution in [3.05, 3.63) is 64.7 Å². The molecule has 0 bridgehead atoms. The van der Waals surface area contributed by atoms with Gasteiger partial charge in [0, 0.05) is 13.0 Å². The van der Waals surface area contributed by atoms with E-state index in [2.05, 4.69) is 0 Å². The SMILES string of the molecule is CCCC(=O)N(CC)C(CC)c1nc2ccccc2c(=O)n1-c1ccc(OCC)cc1. The van der Waals surface area contributed by atoms with Gasteiger partial charge in [0.1, 0.15) is 11.6 Å². The Bertz CT molecular complexity index is 1090. The van der Waals surface area contributed by atoms with Crippen LogP contribution in [0.5, 0.6) is 5.75 Å². The summed E-state index contributed by atoms with van der Waals surface area (Å²) < 4.78 is 7.20. The minimum Gasteiger partial charge on any atom is -0.494 e. The monoisotopic (exact) mass is 421 g/mol. The van der Waals surface area contributed by atoms with Crippen molar-refractivity contribution in [2.75, 3.05) is 13.2 Å². The fourth-order valence-electron chi connectivity index (χ4n) is 3.95. The third-order valence-corrected chi connectivity index (χ3v) is 5.39. The van der Waals surface area contributed by atoms with Crippen LogP contribution in [0.25, 0.3) is 16.6 Å². The Hall–Kier alpha value is -3.15. The molecule has 2 aromatic carbocycles. The van der Waals surface area contributed by atoms with Crippen LogP contribution in [-0.4, -0.2) is 33.5 Å². The molecule has 164 valence electrons. The molecule has 0 spiro atoms. The number of carbonyl (C=O) groups is 1. The summed E-state index contributed by atoms with van der Waals surface area (Å²) in [6.45, 7) is 9.06. The molecule has 1 aromatic heterocycles. The van der Waals surface area contributed by atoms with Crippen molar-refractivity contribution < 1.29 is 9.53 Å². The Labute approximate surface area is 183 Å². The molecule has 3 rings (SSSR count). The van der Waals surface area contributed by atoms with E-state index in [0.29, 0.717) is 48.4 Å². The summed E-state index contributed by atoms with van der Waals surface area (Å²) in [5, 5.41) is 0.554. The van der Waals surface area contributed by atoms with Crippen LogP contribution in [-0.2, 0) is 4.79 Å². The van der Waals surface area contributed by atoms with Crippen molar-refractivity contribution in [1.82, 2.24) is 14.5 Å². The topological polar surface area (TPSA) is 64.4 Å². The highest BCUT2D eigenvalue weighted by Gasteiger charge is 2.27. The second-order valence-corrected chi connectivity index (χ2v) is 7.41. The lowest BCUT2D eigenvalue weighted by atomic mass is 10.1. The summed E-state index contributed by atoms with van der Waals surface area (Å²) in [6, 6.07) is 14.5. The van der Waals surface area contributed by atoms with Crippen molar-refractivity contribution in [3.63, 3.8) is 0 Å². The molecule has 6 nitrogen and oxygen atoms in total. The van der Waals surface area contributed by atoms with E-state index in [9.17, 15) is 9.59 Å². The Balaban J connectivity index is 2.24. The molecule has 0 fully saturated rings. The van der Waals surface area contributed by atoms with Gasteiger partial charge < -0.3 is 9.64 Å². The normalized spacial score (nSPS) is 12.0. The van der Waals surface area contributed by atoms with E-state index >= 15 is 0 Å². The maximum absolute atomic E-state index is 13.6. The zero-order valence-electron chi connectivity index (χ0n) is 18.8. The van der Waals surface area contributed by atoms with Gasteiger partial charge in [0.25, 0.3) is 5.56 Å². The Morgan fingerprint density at radius 2 is 1.77 bits per heavy atom. The second-order valence-electron chi connectivity index (χ2n) is 7.41. The molecule has 0 aliphatic heterocycles. The zero-order chi connectivity index (χ0) is 22.4. The largest absolute Gasteiger partial charge is 0.494 e. The lowest BCUT2D eigenvalue weighted by Gasteiger charge is -2.31. The van der Waals surface area contributed by atoms with Crippen LogP contribution >= 0.6 is 0 Å². The Morgan fingerprint density at radius 3 is 2.39 bits per heavy atom. The quantitative estimate of drug-likeness (QED) is 0.494. The average molecular weight is 422 g/mol. The first-order chi connectivity index (χ1) is 15.0. The van der Waals surface area contributed by atoms with Gasteiger partial charge in [-0.3, -0.25) is 14.2 Å². The van der Waals surface area contributed by atoms with Crippen LogP contribution < -0.4 is 10.3 Å². The van der Waals surface area contributed by atoms with Crippen molar-refractivity contribution in [2.45, 2.75) is 53.0 Å². The van der Waals surface area contributed by atoms with Gasteiger partial charge in [0.15, 0.2) is 0 Å². The molecular weight excluding hydrogens is 390 g/mol. The number of amides is 1. The van der Waals surface area contributed by atoms with E-state index in [-0.39, 0.29) is 17.5 Å². The van der Waals surface area contributed by atoms with Gasteiger partial charge >= 0.3 is 0 Å². The highest BCUT2D eigenvalue weighted by Crippen LogP contribution is 2.27. The number of hydrogen-bond donors (Lipinski definition) is 0. The molecule has 1 heterocycles. The lowest BCUT2D eigenvalue weighted by molar-refractivity contribution is -0.133. The first-order valence-corrected chi connectivity index (χ1v) is 11.1. The van der Waals surface area contributed by atoms with E-state index < -0.39 is 0 Å². The molecule has 0 aliphatic carbocycles. The summed E-state index contributed by atoms with van der Waals surface area (Å²) >= 11 is 0. The number of benzene rings is 2. The lowest BCUT2D eigenvalue weighted by Crippen LogP contribution is -2.38. The number of fused-ring (bicyclic) bond motifs is 1. The minimum atomic E-state index is -0.298. The highest BCUT2D eigenvalue weighted by atomic mass is 16.5. The number of aromatic nitrogens is 2. The van der Waals surface area contributed by atoms with Crippen LogP contribution in [0.15, 0.2) is 53.3 Å². The first-order valence-electron chi connectivity index (χ1n) is 11.1. The predicted octanol–water partition coefficient (Wildman–Crippen LogP) is 4.88. The average Bonchev–Trinajstić information content (AvgIpc) is 2.78. The Morgan fingerprint density at radius 1 is 1.06 bits per heavy atom. The standard InChI is InChI=1S/C25H31N3O3/c1-5-11-23(29)27(7-3)22(6-2)24-26-21-13-10-9-12-20(21)25(30)28(24)18-14-16-19(17-15-18)31-8-4/h9-10,12-17,22H,5-8,11H2,1-4H3. The number of carbonyl (C=O) groups excluding carboxylic acids is 1. The summed E-state index contributed by atoms with van der Waals surface area (Å²) in [5.74, 6) is 1.41. The smallest absolute Gasteiger partial charge is 0.266 e. The molecule has 6 heteroatoms. The second kappa shape index (κ2) is 10.2. The van der Waals surface area contributed by atoms with E-state index in [1.54, 1.807) is 10.6 Å². The van der Waals surface area contributed by atoms with Gasteiger partial charge in [-0.05, 0) is 63.1 Å². The molecule has 1 unspecified atom stereocenters. The van der Waals surface area contributed by atoms with Gasteiger partial charge in [0.2, 0.25) is 5.91 Å². The van der Waals surface area contributed by atoms with Gasteiger partial charge in [-0.25, -0.2) is 4.98 Å². The Kier molecular flexibility index (Phi) is 7.45. The van der Waals surface area contributed by atoms with Crippen LogP contribution in [0, 0.1) is 0 Å².